The molecule has 4 heterocycles. The molecule has 40 heavy (non-hydrogen) atoms. The average Bonchev–Trinajstić information content (AvgIpc) is 3.59. The van der Waals surface area contributed by atoms with E-state index in [0.29, 0.717) is 12.1 Å². The number of aromatic nitrogens is 2. The fourth-order valence-corrected chi connectivity index (χ4v) is 7.26. The molecule has 0 amide bonds. The molecular formula is C36H42N4. The van der Waals surface area contributed by atoms with Gasteiger partial charge in [0.2, 0.25) is 0 Å². The van der Waals surface area contributed by atoms with Gasteiger partial charge >= 0.3 is 0 Å². The lowest BCUT2D eigenvalue weighted by Crippen LogP contribution is -2.45. The van der Waals surface area contributed by atoms with Crippen LogP contribution in [0.5, 0.6) is 0 Å². The second-order valence-electron chi connectivity index (χ2n) is 12.0. The van der Waals surface area contributed by atoms with Crippen molar-refractivity contribution in [3.63, 3.8) is 0 Å². The summed E-state index contributed by atoms with van der Waals surface area (Å²) in [4.78, 5) is 15.2. The Morgan fingerprint density at radius 1 is 0.575 bits per heavy atom. The van der Waals surface area contributed by atoms with Gasteiger partial charge in [0.25, 0.3) is 0 Å². The molecule has 206 valence electrons. The number of hydrogen-bond acceptors (Lipinski definition) is 4. The Bertz CT molecular complexity index is 1300. The van der Waals surface area contributed by atoms with Gasteiger partial charge in [-0.25, -0.2) is 0 Å². The Kier molecular flexibility index (Phi) is 7.82. The third kappa shape index (κ3) is 5.48. The number of rotatable bonds is 7. The van der Waals surface area contributed by atoms with Gasteiger partial charge in [0, 0.05) is 48.7 Å². The Balaban J connectivity index is 1.13. The third-order valence-corrected chi connectivity index (χ3v) is 9.19. The first-order valence-electron chi connectivity index (χ1n) is 15.0. The molecule has 0 aliphatic carbocycles. The summed E-state index contributed by atoms with van der Waals surface area (Å²) < 4.78 is 0. The van der Waals surface area contributed by atoms with Gasteiger partial charge in [-0.2, -0.15) is 0 Å². The second kappa shape index (κ2) is 11.6. The van der Waals surface area contributed by atoms with E-state index in [1.54, 1.807) is 0 Å². The SMILES string of the molecule is Cc1cccc(C)c1-c1ccc(CN2CCC[C@@H]2[C@@H]2CCCN2Cc2ccc(-c3c(C)cccc3C)cn2)nc1. The van der Waals surface area contributed by atoms with E-state index in [4.69, 9.17) is 9.97 Å². The van der Waals surface area contributed by atoms with Crippen LogP contribution in [-0.2, 0) is 13.1 Å². The van der Waals surface area contributed by atoms with Crippen molar-refractivity contribution >= 4 is 0 Å². The van der Waals surface area contributed by atoms with Gasteiger partial charge in [0.15, 0.2) is 0 Å². The summed E-state index contributed by atoms with van der Waals surface area (Å²) in [5, 5.41) is 0. The molecule has 0 unspecified atom stereocenters. The largest absolute Gasteiger partial charge is 0.293 e. The van der Waals surface area contributed by atoms with Gasteiger partial charge in [-0.05, 0) is 112 Å². The normalized spacial score (nSPS) is 19.9. The van der Waals surface area contributed by atoms with E-state index < -0.39 is 0 Å². The van der Waals surface area contributed by atoms with Gasteiger partial charge in [-0.1, -0.05) is 48.5 Å². The van der Waals surface area contributed by atoms with E-state index in [-0.39, 0.29) is 0 Å². The van der Waals surface area contributed by atoms with Crippen molar-refractivity contribution in [3.8, 4) is 22.3 Å². The highest BCUT2D eigenvalue weighted by atomic mass is 15.3. The molecule has 2 saturated heterocycles. The van der Waals surface area contributed by atoms with Crippen LogP contribution in [0.1, 0.15) is 59.3 Å². The maximum absolute atomic E-state index is 4.93. The van der Waals surface area contributed by atoms with Crippen molar-refractivity contribution in [2.45, 2.75) is 78.6 Å². The standard InChI is InChI=1S/C36H42N4/c1-25-9-5-10-26(2)35(25)29-15-17-31(37-21-29)23-39-19-7-13-33(39)34-14-8-20-40(34)24-32-18-16-30(22-38-32)36-27(3)11-6-12-28(36)4/h5-6,9-12,15-18,21-22,33-34H,7-8,13-14,19-20,23-24H2,1-4H3/t33-,34+. The summed E-state index contributed by atoms with van der Waals surface area (Å²) in [6.07, 6.45) is 9.26. The zero-order valence-corrected chi connectivity index (χ0v) is 24.5. The molecule has 2 aliphatic rings. The summed E-state index contributed by atoms with van der Waals surface area (Å²) in [6.45, 7) is 13.0. The summed E-state index contributed by atoms with van der Waals surface area (Å²) in [5.41, 5.74) is 12.7. The quantitative estimate of drug-likeness (QED) is 0.245. The predicted octanol–water partition coefficient (Wildman–Crippen LogP) is 7.67. The van der Waals surface area contributed by atoms with E-state index in [1.165, 1.54) is 81.6 Å². The lowest BCUT2D eigenvalue weighted by Gasteiger charge is -2.35. The lowest BCUT2D eigenvalue weighted by molar-refractivity contribution is 0.122. The van der Waals surface area contributed by atoms with Crippen molar-refractivity contribution in [1.82, 2.24) is 19.8 Å². The molecule has 2 aromatic heterocycles. The Morgan fingerprint density at radius 3 is 1.32 bits per heavy atom. The highest BCUT2D eigenvalue weighted by Gasteiger charge is 2.37. The molecule has 2 fully saturated rings. The minimum atomic E-state index is 0.594. The number of benzene rings is 2. The van der Waals surface area contributed by atoms with Crippen molar-refractivity contribution < 1.29 is 0 Å². The molecule has 4 aromatic rings. The predicted molar refractivity (Wildman–Crippen MR) is 165 cm³/mol. The van der Waals surface area contributed by atoms with Gasteiger partial charge in [-0.15, -0.1) is 0 Å². The molecule has 6 rings (SSSR count). The van der Waals surface area contributed by atoms with Crippen LogP contribution in [0.15, 0.2) is 73.1 Å². The Morgan fingerprint density at radius 2 is 0.975 bits per heavy atom. The highest BCUT2D eigenvalue weighted by Crippen LogP contribution is 2.33. The fourth-order valence-electron chi connectivity index (χ4n) is 7.26. The summed E-state index contributed by atoms with van der Waals surface area (Å²) in [7, 11) is 0. The number of pyridine rings is 2. The van der Waals surface area contributed by atoms with Crippen LogP contribution in [-0.4, -0.2) is 44.9 Å². The topological polar surface area (TPSA) is 32.3 Å². The molecule has 4 nitrogen and oxygen atoms in total. The minimum absolute atomic E-state index is 0.594. The van der Waals surface area contributed by atoms with E-state index in [0.717, 1.165) is 26.2 Å². The molecule has 0 N–H and O–H groups in total. The van der Waals surface area contributed by atoms with Crippen LogP contribution in [0.2, 0.25) is 0 Å². The molecule has 0 bridgehead atoms. The van der Waals surface area contributed by atoms with Crippen molar-refractivity contribution in [3.05, 3.63) is 107 Å². The molecule has 0 radical (unpaired) electrons. The Labute approximate surface area is 240 Å². The maximum Gasteiger partial charge on any atom is 0.0544 e. The summed E-state index contributed by atoms with van der Waals surface area (Å²) >= 11 is 0. The number of hydrogen-bond donors (Lipinski definition) is 0. The molecule has 2 aromatic carbocycles. The van der Waals surface area contributed by atoms with Crippen LogP contribution in [0.3, 0.4) is 0 Å². The summed E-state index contributed by atoms with van der Waals surface area (Å²) in [5.74, 6) is 0. The molecule has 2 atom stereocenters. The first-order valence-corrected chi connectivity index (χ1v) is 15.0. The summed E-state index contributed by atoms with van der Waals surface area (Å²) in [6, 6.07) is 23.2. The number of nitrogens with zero attached hydrogens (tertiary/aromatic N) is 4. The number of aryl methyl sites for hydroxylation is 4. The van der Waals surface area contributed by atoms with Gasteiger partial charge in [0.1, 0.15) is 0 Å². The monoisotopic (exact) mass is 530 g/mol. The van der Waals surface area contributed by atoms with Crippen molar-refractivity contribution in [1.29, 1.82) is 0 Å². The van der Waals surface area contributed by atoms with Crippen LogP contribution in [0.4, 0.5) is 0 Å². The van der Waals surface area contributed by atoms with Crippen LogP contribution >= 0.6 is 0 Å². The van der Waals surface area contributed by atoms with Crippen LogP contribution in [0, 0.1) is 27.7 Å². The molecule has 0 spiro atoms. The fraction of sp³-hybridized carbons (Fsp3) is 0.389. The smallest absolute Gasteiger partial charge is 0.0544 e. The van der Waals surface area contributed by atoms with Crippen LogP contribution in [0.25, 0.3) is 22.3 Å². The Hall–Kier alpha value is -3.34. The zero-order chi connectivity index (χ0) is 27.6. The first-order chi connectivity index (χ1) is 19.5. The minimum Gasteiger partial charge on any atom is -0.293 e. The third-order valence-electron chi connectivity index (χ3n) is 9.19. The highest BCUT2D eigenvalue weighted by molar-refractivity contribution is 5.70. The average molecular weight is 531 g/mol. The van der Waals surface area contributed by atoms with E-state index in [2.05, 4.69) is 111 Å². The second-order valence-corrected chi connectivity index (χ2v) is 12.0. The van der Waals surface area contributed by atoms with E-state index in [1.807, 2.05) is 0 Å². The van der Waals surface area contributed by atoms with Gasteiger partial charge in [-0.3, -0.25) is 19.8 Å². The van der Waals surface area contributed by atoms with Crippen molar-refractivity contribution in [2.24, 2.45) is 0 Å². The van der Waals surface area contributed by atoms with Crippen molar-refractivity contribution in [2.75, 3.05) is 13.1 Å². The first kappa shape index (κ1) is 26.9. The molecule has 4 heteroatoms. The van der Waals surface area contributed by atoms with Gasteiger partial charge < -0.3 is 0 Å². The molecule has 0 saturated carbocycles. The van der Waals surface area contributed by atoms with Gasteiger partial charge in [0.05, 0.1) is 11.4 Å². The zero-order valence-electron chi connectivity index (χ0n) is 24.5. The maximum atomic E-state index is 4.93. The molecule has 2 aliphatic heterocycles. The number of likely N-dealkylation sites (tertiary alicyclic amines) is 2. The van der Waals surface area contributed by atoms with E-state index in [9.17, 15) is 0 Å². The van der Waals surface area contributed by atoms with E-state index >= 15 is 0 Å². The molecular weight excluding hydrogens is 488 g/mol. The lowest BCUT2D eigenvalue weighted by atomic mass is 9.97. The van der Waals surface area contributed by atoms with Crippen LogP contribution < -0.4 is 0 Å².